The first-order valence-electron chi connectivity index (χ1n) is 7.57. The number of esters is 1. The smallest absolute Gasteiger partial charge is 0.337 e. The van der Waals surface area contributed by atoms with Crippen LogP contribution in [0.15, 0.2) is 42.5 Å². The van der Waals surface area contributed by atoms with E-state index in [4.69, 9.17) is 10.5 Å². The Hall–Kier alpha value is -3.02. The Labute approximate surface area is 140 Å². The standard InChI is InChI=1S/C18H20N2O4/c1-3-9-24-16-8-7-12(11-15(16)19)17(21)20-14-6-4-5-13(10-14)18(22)23-2/h4-8,10-11H,3,9,19H2,1-2H3,(H,20,21). The highest BCUT2D eigenvalue weighted by Gasteiger charge is 2.11. The van der Waals surface area contributed by atoms with E-state index >= 15 is 0 Å². The van der Waals surface area contributed by atoms with E-state index in [1.165, 1.54) is 7.11 Å². The van der Waals surface area contributed by atoms with Crippen molar-refractivity contribution in [2.24, 2.45) is 0 Å². The zero-order chi connectivity index (χ0) is 17.5. The topological polar surface area (TPSA) is 90.6 Å². The maximum Gasteiger partial charge on any atom is 0.337 e. The Kier molecular flexibility index (Phi) is 5.78. The van der Waals surface area contributed by atoms with Gasteiger partial charge in [0.2, 0.25) is 0 Å². The fraction of sp³-hybridized carbons (Fsp3) is 0.222. The minimum absolute atomic E-state index is 0.328. The van der Waals surface area contributed by atoms with Crippen molar-refractivity contribution in [3.63, 3.8) is 0 Å². The monoisotopic (exact) mass is 328 g/mol. The van der Waals surface area contributed by atoms with Crippen LogP contribution in [-0.4, -0.2) is 25.6 Å². The van der Waals surface area contributed by atoms with E-state index in [-0.39, 0.29) is 5.91 Å². The van der Waals surface area contributed by atoms with Crippen molar-refractivity contribution < 1.29 is 19.1 Å². The number of rotatable bonds is 6. The molecule has 0 fully saturated rings. The Morgan fingerprint density at radius 1 is 1.12 bits per heavy atom. The van der Waals surface area contributed by atoms with Gasteiger partial charge in [0.25, 0.3) is 5.91 Å². The molecule has 3 N–H and O–H groups in total. The van der Waals surface area contributed by atoms with E-state index in [9.17, 15) is 9.59 Å². The number of nitrogens with two attached hydrogens (primary N) is 1. The van der Waals surface area contributed by atoms with Gasteiger partial charge in [0, 0.05) is 11.3 Å². The molecule has 0 aromatic heterocycles. The number of carbonyl (C=O) groups excluding carboxylic acids is 2. The predicted molar refractivity (Wildman–Crippen MR) is 92.4 cm³/mol. The molecule has 0 spiro atoms. The average Bonchev–Trinajstić information content (AvgIpc) is 2.60. The molecule has 6 heteroatoms. The third-order valence-corrected chi connectivity index (χ3v) is 3.28. The summed E-state index contributed by atoms with van der Waals surface area (Å²) in [5.74, 6) is -0.236. The first kappa shape index (κ1) is 17.3. The van der Waals surface area contributed by atoms with Crippen molar-refractivity contribution in [1.29, 1.82) is 0 Å². The fourth-order valence-electron chi connectivity index (χ4n) is 2.08. The van der Waals surface area contributed by atoms with E-state index in [1.54, 1.807) is 42.5 Å². The summed E-state index contributed by atoms with van der Waals surface area (Å²) in [6.07, 6.45) is 0.873. The number of hydrogen-bond acceptors (Lipinski definition) is 5. The maximum atomic E-state index is 12.3. The molecule has 2 aromatic rings. The lowest BCUT2D eigenvalue weighted by Crippen LogP contribution is -2.13. The van der Waals surface area contributed by atoms with Crippen LogP contribution in [0, 0.1) is 0 Å². The summed E-state index contributed by atoms with van der Waals surface area (Å²) in [6, 6.07) is 11.4. The molecular formula is C18H20N2O4. The molecule has 0 aliphatic rings. The SMILES string of the molecule is CCCOc1ccc(C(=O)Nc2cccc(C(=O)OC)c2)cc1N. The summed E-state index contributed by atoms with van der Waals surface area (Å²) in [6.45, 7) is 2.57. The minimum atomic E-state index is -0.465. The second-order valence-corrected chi connectivity index (χ2v) is 5.13. The molecule has 6 nitrogen and oxygen atoms in total. The van der Waals surface area contributed by atoms with E-state index in [1.807, 2.05) is 6.92 Å². The highest BCUT2D eigenvalue weighted by molar-refractivity contribution is 6.05. The van der Waals surface area contributed by atoms with Gasteiger partial charge >= 0.3 is 5.97 Å². The number of benzene rings is 2. The third-order valence-electron chi connectivity index (χ3n) is 3.28. The molecule has 0 saturated heterocycles. The van der Waals surface area contributed by atoms with Gasteiger partial charge in [-0.15, -0.1) is 0 Å². The molecule has 0 aliphatic heterocycles. The number of ether oxygens (including phenoxy) is 2. The lowest BCUT2D eigenvalue weighted by atomic mass is 10.1. The summed E-state index contributed by atoms with van der Waals surface area (Å²) in [5, 5.41) is 2.72. The molecular weight excluding hydrogens is 308 g/mol. The lowest BCUT2D eigenvalue weighted by molar-refractivity contribution is 0.0600. The molecule has 126 valence electrons. The zero-order valence-electron chi connectivity index (χ0n) is 13.7. The van der Waals surface area contributed by atoms with Crippen molar-refractivity contribution in [3.05, 3.63) is 53.6 Å². The molecule has 0 saturated carbocycles. The van der Waals surface area contributed by atoms with Crippen LogP contribution in [0.5, 0.6) is 5.75 Å². The molecule has 0 atom stereocenters. The van der Waals surface area contributed by atoms with Gasteiger partial charge in [-0.2, -0.15) is 0 Å². The van der Waals surface area contributed by atoms with Crippen LogP contribution >= 0.6 is 0 Å². The van der Waals surface area contributed by atoms with E-state index in [0.29, 0.717) is 34.9 Å². The summed E-state index contributed by atoms with van der Waals surface area (Å²) >= 11 is 0. The van der Waals surface area contributed by atoms with Crippen LogP contribution in [0.3, 0.4) is 0 Å². The zero-order valence-corrected chi connectivity index (χ0v) is 13.7. The summed E-state index contributed by atoms with van der Waals surface area (Å²) in [5.41, 5.74) is 7.57. The summed E-state index contributed by atoms with van der Waals surface area (Å²) in [4.78, 5) is 23.8. The lowest BCUT2D eigenvalue weighted by Gasteiger charge is -2.10. The van der Waals surface area contributed by atoms with Crippen LogP contribution in [-0.2, 0) is 4.74 Å². The van der Waals surface area contributed by atoms with Crippen molar-refractivity contribution in [2.75, 3.05) is 24.8 Å². The van der Waals surface area contributed by atoms with Crippen LogP contribution in [0.4, 0.5) is 11.4 Å². The Bertz CT molecular complexity index is 744. The van der Waals surface area contributed by atoms with Crippen LogP contribution in [0.1, 0.15) is 34.1 Å². The molecule has 0 aliphatic carbocycles. The van der Waals surface area contributed by atoms with E-state index < -0.39 is 5.97 Å². The van der Waals surface area contributed by atoms with Gasteiger partial charge in [-0.1, -0.05) is 13.0 Å². The Morgan fingerprint density at radius 2 is 1.92 bits per heavy atom. The molecule has 0 radical (unpaired) electrons. The Morgan fingerprint density at radius 3 is 2.58 bits per heavy atom. The van der Waals surface area contributed by atoms with Gasteiger partial charge in [0.1, 0.15) is 5.75 Å². The molecule has 0 unspecified atom stereocenters. The van der Waals surface area contributed by atoms with Gasteiger partial charge < -0.3 is 20.5 Å². The van der Waals surface area contributed by atoms with E-state index in [2.05, 4.69) is 10.1 Å². The van der Waals surface area contributed by atoms with Crippen molar-refractivity contribution in [2.45, 2.75) is 13.3 Å². The number of hydrogen-bond donors (Lipinski definition) is 2. The highest BCUT2D eigenvalue weighted by atomic mass is 16.5. The van der Waals surface area contributed by atoms with Crippen LogP contribution in [0.25, 0.3) is 0 Å². The average molecular weight is 328 g/mol. The van der Waals surface area contributed by atoms with Crippen LogP contribution < -0.4 is 15.8 Å². The fourth-order valence-corrected chi connectivity index (χ4v) is 2.08. The van der Waals surface area contributed by atoms with Gasteiger partial charge in [-0.05, 0) is 42.8 Å². The molecule has 0 heterocycles. The predicted octanol–water partition coefficient (Wildman–Crippen LogP) is 3.10. The number of amides is 1. The molecule has 2 rings (SSSR count). The number of nitrogen functional groups attached to an aromatic ring is 1. The van der Waals surface area contributed by atoms with Crippen molar-refractivity contribution in [1.82, 2.24) is 0 Å². The first-order valence-corrected chi connectivity index (χ1v) is 7.57. The first-order chi connectivity index (χ1) is 11.5. The largest absolute Gasteiger partial charge is 0.491 e. The number of methoxy groups -OCH3 is 1. The van der Waals surface area contributed by atoms with Gasteiger partial charge in [0.05, 0.1) is 25.0 Å². The quantitative estimate of drug-likeness (QED) is 0.628. The third kappa shape index (κ3) is 4.25. The minimum Gasteiger partial charge on any atom is -0.491 e. The molecule has 24 heavy (non-hydrogen) atoms. The number of nitrogens with one attached hydrogen (secondary N) is 1. The Balaban J connectivity index is 2.12. The second-order valence-electron chi connectivity index (χ2n) is 5.13. The second kappa shape index (κ2) is 8.01. The summed E-state index contributed by atoms with van der Waals surface area (Å²) < 4.78 is 10.1. The molecule has 1 amide bonds. The van der Waals surface area contributed by atoms with Crippen molar-refractivity contribution >= 4 is 23.3 Å². The highest BCUT2D eigenvalue weighted by Crippen LogP contribution is 2.23. The number of carbonyl (C=O) groups is 2. The van der Waals surface area contributed by atoms with Gasteiger partial charge in [-0.3, -0.25) is 4.79 Å². The molecule has 2 aromatic carbocycles. The van der Waals surface area contributed by atoms with Crippen LogP contribution in [0.2, 0.25) is 0 Å². The van der Waals surface area contributed by atoms with E-state index in [0.717, 1.165) is 6.42 Å². The summed E-state index contributed by atoms with van der Waals surface area (Å²) in [7, 11) is 1.30. The van der Waals surface area contributed by atoms with Crippen molar-refractivity contribution in [3.8, 4) is 5.75 Å². The molecule has 0 bridgehead atoms. The maximum absolute atomic E-state index is 12.3. The van der Waals surface area contributed by atoms with Gasteiger partial charge in [0.15, 0.2) is 0 Å². The normalized spacial score (nSPS) is 10.1. The van der Waals surface area contributed by atoms with Gasteiger partial charge in [-0.25, -0.2) is 4.79 Å². The number of anilines is 2.